The third-order valence-corrected chi connectivity index (χ3v) is 5.20. The van der Waals surface area contributed by atoms with Gasteiger partial charge >= 0.3 is 6.18 Å². The van der Waals surface area contributed by atoms with Crippen LogP contribution in [0.15, 0.2) is 47.4 Å². The van der Waals surface area contributed by atoms with Gasteiger partial charge in [-0.3, -0.25) is 19.1 Å². The van der Waals surface area contributed by atoms with Gasteiger partial charge < -0.3 is 11.1 Å². The van der Waals surface area contributed by atoms with Gasteiger partial charge in [-0.15, -0.1) is 0 Å². The number of benzene rings is 2. The Labute approximate surface area is 168 Å². The molecule has 0 unspecified atom stereocenters. The third kappa shape index (κ3) is 5.45. The molecule has 0 bridgehead atoms. The standard InChI is InChI=1S/C17H16F3N3O6S/c1-2-15(29-30(27,28)12-6-4-11(5-7-12)23(25)26)16(24)22-10-3-8-14(21)13(9-10)17(18,19)20/h3-9,15H,2,21H2,1H3,(H,22,24)/t15-/m1/s1. The van der Waals surface area contributed by atoms with E-state index in [1.54, 1.807) is 0 Å². The lowest BCUT2D eigenvalue weighted by molar-refractivity contribution is -0.384. The van der Waals surface area contributed by atoms with E-state index in [1.165, 1.54) is 6.92 Å². The molecule has 1 amide bonds. The Kier molecular flexibility index (Phi) is 6.67. The molecule has 0 saturated carbocycles. The fraction of sp³-hybridized carbons (Fsp3) is 0.235. The summed E-state index contributed by atoms with van der Waals surface area (Å²) < 4.78 is 68.4. The van der Waals surface area contributed by atoms with Gasteiger partial charge in [-0.2, -0.15) is 21.6 Å². The van der Waals surface area contributed by atoms with Crippen LogP contribution in [-0.2, 0) is 25.3 Å². The first-order valence-corrected chi connectivity index (χ1v) is 9.71. The summed E-state index contributed by atoms with van der Waals surface area (Å²) in [5.74, 6) is -0.999. The van der Waals surface area contributed by atoms with Gasteiger partial charge in [-0.25, -0.2) is 0 Å². The van der Waals surface area contributed by atoms with Crippen molar-refractivity contribution in [2.45, 2.75) is 30.5 Å². The van der Waals surface area contributed by atoms with Crippen LogP contribution < -0.4 is 11.1 Å². The Hall–Kier alpha value is -3.19. The Balaban J connectivity index is 2.19. The number of nitrogens with two attached hydrogens (primary N) is 1. The Morgan fingerprint density at radius 1 is 1.23 bits per heavy atom. The van der Waals surface area contributed by atoms with Crippen LogP contribution in [-0.4, -0.2) is 25.4 Å². The molecular weight excluding hydrogens is 431 g/mol. The number of nitrogen functional groups attached to an aromatic ring is 1. The van der Waals surface area contributed by atoms with Crippen molar-refractivity contribution < 1.29 is 35.5 Å². The highest BCUT2D eigenvalue weighted by Crippen LogP contribution is 2.35. The number of halogens is 3. The van der Waals surface area contributed by atoms with Gasteiger partial charge in [-0.1, -0.05) is 6.92 Å². The topological polar surface area (TPSA) is 142 Å². The van der Waals surface area contributed by atoms with Crippen molar-refractivity contribution in [2.24, 2.45) is 0 Å². The van der Waals surface area contributed by atoms with Crippen molar-refractivity contribution in [1.29, 1.82) is 0 Å². The molecule has 0 aliphatic heterocycles. The van der Waals surface area contributed by atoms with Crippen LogP contribution in [0.25, 0.3) is 0 Å². The van der Waals surface area contributed by atoms with E-state index in [9.17, 15) is 36.5 Å². The van der Waals surface area contributed by atoms with Crippen LogP contribution in [0, 0.1) is 10.1 Å². The number of nitrogens with zero attached hydrogens (tertiary/aromatic N) is 1. The molecular formula is C17H16F3N3O6S. The maximum atomic E-state index is 12.9. The summed E-state index contributed by atoms with van der Waals surface area (Å²) in [5.41, 5.74) is 3.00. The minimum Gasteiger partial charge on any atom is -0.398 e. The van der Waals surface area contributed by atoms with E-state index >= 15 is 0 Å². The van der Waals surface area contributed by atoms with Gasteiger partial charge in [-0.05, 0) is 36.8 Å². The van der Waals surface area contributed by atoms with Gasteiger partial charge in [0.2, 0.25) is 0 Å². The quantitative estimate of drug-likeness (QED) is 0.287. The van der Waals surface area contributed by atoms with Gasteiger partial charge in [0.15, 0.2) is 6.10 Å². The normalized spacial score (nSPS) is 12.9. The molecule has 2 aromatic rings. The Morgan fingerprint density at radius 2 is 1.83 bits per heavy atom. The van der Waals surface area contributed by atoms with Crippen molar-refractivity contribution in [3.05, 3.63) is 58.1 Å². The number of non-ortho nitro benzene ring substituents is 1. The molecule has 30 heavy (non-hydrogen) atoms. The average molecular weight is 447 g/mol. The van der Waals surface area contributed by atoms with Crippen LogP contribution >= 0.6 is 0 Å². The zero-order valence-electron chi connectivity index (χ0n) is 15.3. The highest BCUT2D eigenvalue weighted by Gasteiger charge is 2.33. The van der Waals surface area contributed by atoms with Crippen molar-refractivity contribution in [2.75, 3.05) is 11.1 Å². The highest BCUT2D eigenvalue weighted by atomic mass is 32.2. The maximum Gasteiger partial charge on any atom is 0.418 e. The number of alkyl halides is 3. The second-order valence-electron chi connectivity index (χ2n) is 5.99. The monoisotopic (exact) mass is 447 g/mol. The summed E-state index contributed by atoms with van der Waals surface area (Å²) in [7, 11) is -4.47. The SMILES string of the molecule is CC[C@@H](OS(=O)(=O)c1ccc([N+](=O)[O-])cc1)C(=O)Nc1ccc(N)c(C(F)(F)F)c1. The number of rotatable bonds is 7. The number of hydrogen-bond donors (Lipinski definition) is 2. The molecule has 3 N–H and O–H groups in total. The summed E-state index contributed by atoms with van der Waals surface area (Å²) in [5, 5.41) is 12.8. The zero-order chi connectivity index (χ0) is 22.7. The molecule has 0 spiro atoms. The second kappa shape index (κ2) is 8.67. The predicted molar refractivity (Wildman–Crippen MR) is 99.9 cm³/mol. The van der Waals surface area contributed by atoms with E-state index in [-0.39, 0.29) is 17.8 Å². The van der Waals surface area contributed by atoms with Gasteiger partial charge in [0.1, 0.15) is 0 Å². The van der Waals surface area contributed by atoms with Crippen molar-refractivity contribution in [1.82, 2.24) is 0 Å². The summed E-state index contributed by atoms with van der Waals surface area (Å²) in [6.45, 7) is 1.43. The summed E-state index contributed by atoms with van der Waals surface area (Å²) in [6.07, 6.45) is -6.43. The van der Waals surface area contributed by atoms with Crippen LogP contribution in [0.2, 0.25) is 0 Å². The predicted octanol–water partition coefficient (Wildman–Crippen LogP) is 3.32. The molecule has 0 heterocycles. The molecule has 9 nitrogen and oxygen atoms in total. The number of nitrogens with one attached hydrogen (secondary N) is 1. The second-order valence-corrected chi connectivity index (χ2v) is 7.56. The molecule has 0 radical (unpaired) electrons. The van der Waals surface area contributed by atoms with Gasteiger partial charge in [0.25, 0.3) is 21.7 Å². The number of hydrogen-bond acceptors (Lipinski definition) is 7. The van der Waals surface area contributed by atoms with E-state index < -0.39 is 49.4 Å². The lowest BCUT2D eigenvalue weighted by atomic mass is 10.1. The van der Waals surface area contributed by atoms with Gasteiger partial charge in [0, 0.05) is 23.5 Å². The van der Waals surface area contributed by atoms with Crippen molar-refractivity contribution in [3.8, 4) is 0 Å². The molecule has 2 aromatic carbocycles. The van der Waals surface area contributed by atoms with E-state index in [0.29, 0.717) is 6.07 Å². The number of amides is 1. The molecule has 162 valence electrons. The molecule has 0 aliphatic carbocycles. The highest BCUT2D eigenvalue weighted by molar-refractivity contribution is 7.86. The fourth-order valence-corrected chi connectivity index (χ4v) is 3.45. The van der Waals surface area contributed by atoms with Crippen LogP contribution in [0.3, 0.4) is 0 Å². The largest absolute Gasteiger partial charge is 0.418 e. The first kappa shape index (κ1) is 23.1. The molecule has 1 atom stereocenters. The number of nitro groups is 1. The number of anilines is 2. The van der Waals surface area contributed by atoms with E-state index in [1.807, 2.05) is 0 Å². The van der Waals surface area contributed by atoms with E-state index in [2.05, 4.69) is 5.32 Å². The Bertz CT molecular complexity index is 1060. The lowest BCUT2D eigenvalue weighted by Gasteiger charge is -2.17. The van der Waals surface area contributed by atoms with E-state index in [4.69, 9.17) is 9.92 Å². The minimum atomic E-state index is -4.75. The smallest absolute Gasteiger partial charge is 0.398 e. The average Bonchev–Trinajstić information content (AvgIpc) is 2.66. The molecule has 13 heteroatoms. The molecule has 0 saturated heterocycles. The zero-order valence-corrected chi connectivity index (χ0v) is 16.2. The van der Waals surface area contributed by atoms with Crippen molar-refractivity contribution >= 4 is 33.1 Å². The first-order chi connectivity index (χ1) is 13.8. The Morgan fingerprint density at radius 3 is 2.33 bits per heavy atom. The maximum absolute atomic E-state index is 12.9. The molecule has 0 fully saturated rings. The summed E-state index contributed by atoms with van der Waals surface area (Å²) in [4.78, 5) is 21.8. The number of carbonyl (C=O) groups excluding carboxylic acids is 1. The number of carbonyl (C=O) groups is 1. The number of nitro benzene ring substituents is 1. The van der Waals surface area contributed by atoms with Crippen LogP contribution in [0.4, 0.5) is 30.2 Å². The summed E-state index contributed by atoms with van der Waals surface area (Å²) >= 11 is 0. The van der Waals surface area contributed by atoms with Crippen molar-refractivity contribution in [3.63, 3.8) is 0 Å². The van der Waals surface area contributed by atoms with Crippen LogP contribution in [0.1, 0.15) is 18.9 Å². The summed E-state index contributed by atoms with van der Waals surface area (Å²) in [6, 6.07) is 6.47. The molecule has 2 rings (SSSR count). The lowest BCUT2D eigenvalue weighted by Crippen LogP contribution is -2.32. The van der Waals surface area contributed by atoms with Crippen LogP contribution in [0.5, 0.6) is 0 Å². The fourth-order valence-electron chi connectivity index (χ4n) is 2.34. The molecule has 0 aromatic heterocycles. The molecule has 0 aliphatic rings. The first-order valence-electron chi connectivity index (χ1n) is 8.30. The third-order valence-electron chi connectivity index (χ3n) is 3.87. The minimum absolute atomic E-state index is 0.126. The van der Waals surface area contributed by atoms with Gasteiger partial charge in [0.05, 0.1) is 15.4 Å². The van der Waals surface area contributed by atoms with E-state index in [0.717, 1.165) is 36.4 Å².